The molecule has 0 radical (unpaired) electrons. The smallest absolute Gasteiger partial charge is 0.151 e. The summed E-state index contributed by atoms with van der Waals surface area (Å²) in [6.07, 6.45) is 0. The number of ether oxygens (including phenoxy) is 1. The van der Waals surface area contributed by atoms with Gasteiger partial charge in [0, 0.05) is 9.86 Å². The van der Waals surface area contributed by atoms with Crippen molar-refractivity contribution in [3.8, 4) is 5.75 Å². The number of thiophene rings is 1. The number of benzene rings is 1. The van der Waals surface area contributed by atoms with Gasteiger partial charge < -0.3 is 4.74 Å². The van der Waals surface area contributed by atoms with Gasteiger partial charge >= 0.3 is 0 Å². The van der Waals surface area contributed by atoms with Crippen LogP contribution in [0.15, 0.2) is 26.5 Å². The highest BCUT2D eigenvalue weighted by molar-refractivity contribution is 9.11. The first kappa shape index (κ1) is 9.49. The maximum atomic E-state index is 5.30. The molecule has 0 bridgehead atoms. The van der Waals surface area contributed by atoms with Gasteiger partial charge in [0.05, 0.1) is 11.8 Å². The van der Waals surface area contributed by atoms with Gasteiger partial charge in [-0.15, -0.1) is 11.3 Å². The molecule has 1 aromatic heterocycles. The van der Waals surface area contributed by atoms with Gasteiger partial charge in [0.15, 0.2) is 5.75 Å². The van der Waals surface area contributed by atoms with E-state index in [2.05, 4.69) is 37.9 Å². The standard InChI is InChI=1S/C9H6Br2OS/c1-12-7-5-3-2-4-6(10)8(5)13-9(7)11/h2-4H,1H3. The number of hydrogen-bond acceptors (Lipinski definition) is 2. The van der Waals surface area contributed by atoms with E-state index in [1.807, 2.05) is 12.1 Å². The molecule has 4 heteroatoms. The fourth-order valence-corrected chi connectivity index (χ4v) is 3.59. The molecule has 2 aromatic rings. The highest BCUT2D eigenvalue weighted by Crippen LogP contribution is 2.44. The van der Waals surface area contributed by atoms with Crippen molar-refractivity contribution in [3.63, 3.8) is 0 Å². The Morgan fingerprint density at radius 1 is 1.31 bits per heavy atom. The molecule has 0 unspecified atom stereocenters. The minimum absolute atomic E-state index is 0.918. The number of halogens is 2. The quantitative estimate of drug-likeness (QED) is 0.754. The SMILES string of the molecule is COc1c(Br)sc2c(Br)cccc12. The molecule has 68 valence electrons. The van der Waals surface area contributed by atoms with Crippen LogP contribution in [0.5, 0.6) is 5.75 Å². The molecule has 0 saturated heterocycles. The number of hydrogen-bond donors (Lipinski definition) is 0. The topological polar surface area (TPSA) is 9.23 Å². The third kappa shape index (κ3) is 1.51. The first-order chi connectivity index (χ1) is 6.24. The number of rotatable bonds is 1. The third-order valence-corrected chi connectivity index (χ3v) is 4.56. The first-order valence-electron chi connectivity index (χ1n) is 3.64. The van der Waals surface area contributed by atoms with Crippen LogP contribution in [0, 0.1) is 0 Å². The Morgan fingerprint density at radius 3 is 2.77 bits per heavy atom. The Bertz CT molecular complexity index is 450. The summed E-state index contributed by atoms with van der Waals surface area (Å²) in [5, 5.41) is 1.15. The lowest BCUT2D eigenvalue weighted by molar-refractivity contribution is 0.419. The van der Waals surface area contributed by atoms with Crippen molar-refractivity contribution in [2.75, 3.05) is 7.11 Å². The molecule has 0 saturated carbocycles. The molecule has 0 aliphatic heterocycles. The Morgan fingerprint density at radius 2 is 2.08 bits per heavy atom. The summed E-state index contributed by atoms with van der Waals surface area (Å²) < 4.78 is 8.66. The van der Waals surface area contributed by atoms with Gasteiger partial charge in [0.25, 0.3) is 0 Å². The molecular weight excluding hydrogens is 316 g/mol. The normalized spacial score (nSPS) is 10.7. The number of fused-ring (bicyclic) bond motifs is 1. The van der Waals surface area contributed by atoms with E-state index >= 15 is 0 Å². The molecule has 1 aromatic carbocycles. The van der Waals surface area contributed by atoms with E-state index in [9.17, 15) is 0 Å². The molecule has 0 amide bonds. The Kier molecular flexibility index (Phi) is 2.62. The summed E-state index contributed by atoms with van der Waals surface area (Å²) in [7, 11) is 1.69. The van der Waals surface area contributed by atoms with Crippen LogP contribution < -0.4 is 4.74 Å². The zero-order valence-corrected chi connectivity index (χ0v) is 10.8. The second-order valence-corrected chi connectivity index (χ2v) is 5.72. The lowest BCUT2D eigenvalue weighted by Gasteiger charge is -1.97. The lowest BCUT2D eigenvalue weighted by Crippen LogP contribution is -1.79. The van der Waals surface area contributed by atoms with Gasteiger partial charge in [0.1, 0.15) is 3.79 Å². The minimum Gasteiger partial charge on any atom is -0.494 e. The molecule has 13 heavy (non-hydrogen) atoms. The van der Waals surface area contributed by atoms with E-state index in [1.54, 1.807) is 18.4 Å². The van der Waals surface area contributed by atoms with Crippen LogP contribution in [0.1, 0.15) is 0 Å². The second kappa shape index (κ2) is 3.59. The molecule has 0 fully saturated rings. The first-order valence-corrected chi connectivity index (χ1v) is 6.05. The molecule has 0 spiro atoms. The van der Waals surface area contributed by atoms with Gasteiger partial charge in [-0.2, -0.15) is 0 Å². The van der Waals surface area contributed by atoms with Crippen molar-refractivity contribution in [1.82, 2.24) is 0 Å². The zero-order valence-electron chi connectivity index (χ0n) is 6.80. The summed E-state index contributed by atoms with van der Waals surface area (Å²) >= 11 is 8.66. The molecule has 1 heterocycles. The molecule has 1 nitrogen and oxygen atoms in total. The predicted molar refractivity (Wildman–Crippen MR) is 63.8 cm³/mol. The van der Waals surface area contributed by atoms with Crippen LogP contribution in [0.4, 0.5) is 0 Å². The van der Waals surface area contributed by atoms with Crippen LogP contribution in [-0.2, 0) is 0 Å². The van der Waals surface area contributed by atoms with E-state index < -0.39 is 0 Å². The predicted octanol–water partition coefficient (Wildman–Crippen LogP) is 4.43. The Hall–Kier alpha value is -0.0600. The number of methoxy groups -OCH3 is 1. The maximum Gasteiger partial charge on any atom is 0.151 e. The van der Waals surface area contributed by atoms with Crippen molar-refractivity contribution in [1.29, 1.82) is 0 Å². The van der Waals surface area contributed by atoms with Crippen LogP contribution in [0.3, 0.4) is 0 Å². The van der Waals surface area contributed by atoms with Crippen LogP contribution in [0.25, 0.3) is 10.1 Å². The van der Waals surface area contributed by atoms with Crippen LogP contribution in [0.2, 0.25) is 0 Å². The van der Waals surface area contributed by atoms with Crippen LogP contribution in [-0.4, -0.2) is 7.11 Å². The molecular formula is C9H6Br2OS. The van der Waals surface area contributed by atoms with Gasteiger partial charge in [-0.05, 0) is 44.0 Å². The summed E-state index contributed by atoms with van der Waals surface area (Å²) in [4.78, 5) is 0. The molecule has 0 N–H and O–H groups in total. The maximum absolute atomic E-state index is 5.30. The fraction of sp³-hybridized carbons (Fsp3) is 0.111. The molecule has 0 atom stereocenters. The van der Waals surface area contributed by atoms with Crippen molar-refractivity contribution < 1.29 is 4.74 Å². The van der Waals surface area contributed by atoms with Crippen molar-refractivity contribution in [2.45, 2.75) is 0 Å². The fourth-order valence-electron chi connectivity index (χ4n) is 1.22. The minimum atomic E-state index is 0.918. The zero-order chi connectivity index (χ0) is 9.42. The lowest BCUT2D eigenvalue weighted by atomic mass is 10.2. The molecule has 0 aliphatic carbocycles. The van der Waals surface area contributed by atoms with E-state index in [0.717, 1.165) is 19.4 Å². The second-order valence-electron chi connectivity index (χ2n) is 2.53. The largest absolute Gasteiger partial charge is 0.494 e. The van der Waals surface area contributed by atoms with E-state index in [1.165, 1.54) is 4.70 Å². The van der Waals surface area contributed by atoms with E-state index in [-0.39, 0.29) is 0 Å². The molecule has 2 rings (SSSR count). The highest BCUT2D eigenvalue weighted by Gasteiger charge is 2.11. The average molecular weight is 322 g/mol. The monoisotopic (exact) mass is 320 g/mol. The highest BCUT2D eigenvalue weighted by atomic mass is 79.9. The summed E-state index contributed by atoms with van der Waals surface area (Å²) in [5.74, 6) is 0.918. The Balaban J connectivity index is 2.86. The van der Waals surface area contributed by atoms with E-state index in [0.29, 0.717) is 0 Å². The third-order valence-electron chi connectivity index (χ3n) is 1.79. The summed E-state index contributed by atoms with van der Waals surface area (Å²) in [5.41, 5.74) is 0. The average Bonchev–Trinajstić information content (AvgIpc) is 2.43. The van der Waals surface area contributed by atoms with E-state index in [4.69, 9.17) is 4.74 Å². The van der Waals surface area contributed by atoms with Crippen molar-refractivity contribution in [2.24, 2.45) is 0 Å². The van der Waals surface area contributed by atoms with Crippen molar-refractivity contribution >= 4 is 53.3 Å². The van der Waals surface area contributed by atoms with Gasteiger partial charge in [0.2, 0.25) is 0 Å². The summed E-state index contributed by atoms with van der Waals surface area (Å²) in [6, 6.07) is 6.10. The van der Waals surface area contributed by atoms with Gasteiger partial charge in [-0.3, -0.25) is 0 Å². The van der Waals surface area contributed by atoms with Crippen molar-refractivity contribution in [3.05, 3.63) is 26.5 Å². The summed E-state index contributed by atoms with van der Waals surface area (Å²) in [6.45, 7) is 0. The molecule has 0 aliphatic rings. The van der Waals surface area contributed by atoms with Crippen LogP contribution >= 0.6 is 43.2 Å². The van der Waals surface area contributed by atoms with Gasteiger partial charge in [-0.25, -0.2) is 0 Å². The Labute approximate surface area is 97.0 Å². The van der Waals surface area contributed by atoms with Gasteiger partial charge in [-0.1, -0.05) is 6.07 Å².